The summed E-state index contributed by atoms with van der Waals surface area (Å²) in [5.41, 5.74) is 3.56. The lowest BCUT2D eigenvalue weighted by Crippen LogP contribution is -2.13. The van der Waals surface area contributed by atoms with Crippen LogP contribution in [0.4, 0.5) is 0 Å². The molecule has 2 aromatic carbocycles. The summed E-state index contributed by atoms with van der Waals surface area (Å²) >= 11 is 5.99. The van der Waals surface area contributed by atoms with Crippen LogP contribution in [-0.4, -0.2) is 6.54 Å². The number of hydrogen-bond donors (Lipinski definition) is 1. The maximum Gasteiger partial charge on any atom is 0.124 e. The average Bonchev–Trinajstić information content (AvgIpc) is 2.50. The predicted octanol–water partition coefficient (Wildman–Crippen LogP) is 4.73. The molecule has 1 N–H and O–H groups in total. The monoisotopic (exact) mass is 303 g/mol. The van der Waals surface area contributed by atoms with Crippen LogP contribution in [0.3, 0.4) is 0 Å². The summed E-state index contributed by atoms with van der Waals surface area (Å²) in [6.07, 6.45) is 1.16. The first-order chi connectivity index (χ1) is 10.2. The van der Waals surface area contributed by atoms with Gasteiger partial charge in [-0.25, -0.2) is 0 Å². The topological polar surface area (TPSA) is 21.3 Å². The molecule has 0 saturated carbocycles. The number of ether oxygens (including phenoxy) is 1. The van der Waals surface area contributed by atoms with Crippen molar-refractivity contribution in [2.24, 2.45) is 0 Å². The molecule has 0 spiro atoms. The van der Waals surface area contributed by atoms with Gasteiger partial charge in [-0.2, -0.15) is 0 Å². The van der Waals surface area contributed by atoms with E-state index in [1.807, 2.05) is 25.1 Å². The first-order valence-electron chi connectivity index (χ1n) is 7.36. The molecular formula is C18H22ClNO. The predicted molar refractivity (Wildman–Crippen MR) is 89.0 cm³/mol. The highest BCUT2D eigenvalue weighted by atomic mass is 35.5. The van der Waals surface area contributed by atoms with Gasteiger partial charge in [-0.15, -0.1) is 0 Å². The summed E-state index contributed by atoms with van der Waals surface area (Å²) in [6.45, 7) is 6.73. The zero-order valence-corrected chi connectivity index (χ0v) is 13.4. The van der Waals surface area contributed by atoms with Crippen LogP contribution in [0.2, 0.25) is 5.02 Å². The Hall–Kier alpha value is -1.51. The van der Waals surface area contributed by atoms with E-state index >= 15 is 0 Å². The minimum atomic E-state index is 0.559. The van der Waals surface area contributed by atoms with Crippen LogP contribution in [0.1, 0.15) is 30.0 Å². The quantitative estimate of drug-likeness (QED) is 0.747. The maximum absolute atomic E-state index is 5.99. The van der Waals surface area contributed by atoms with Gasteiger partial charge >= 0.3 is 0 Å². The van der Waals surface area contributed by atoms with Crippen LogP contribution in [0, 0.1) is 6.92 Å². The molecule has 2 nitrogen and oxygen atoms in total. The minimum Gasteiger partial charge on any atom is -0.489 e. The van der Waals surface area contributed by atoms with Crippen molar-refractivity contribution < 1.29 is 4.74 Å². The largest absolute Gasteiger partial charge is 0.489 e. The fraction of sp³-hybridized carbons (Fsp3) is 0.333. The molecule has 0 aliphatic heterocycles. The van der Waals surface area contributed by atoms with E-state index in [0.29, 0.717) is 11.6 Å². The summed E-state index contributed by atoms with van der Waals surface area (Å²) < 4.78 is 5.84. The third kappa shape index (κ3) is 5.07. The second kappa shape index (κ2) is 8.06. The van der Waals surface area contributed by atoms with Gasteiger partial charge < -0.3 is 10.1 Å². The van der Waals surface area contributed by atoms with Crippen molar-refractivity contribution in [2.45, 2.75) is 33.4 Å². The molecule has 2 rings (SSSR count). The maximum atomic E-state index is 5.99. The van der Waals surface area contributed by atoms with Gasteiger partial charge in [0.05, 0.1) is 0 Å². The number of aryl methyl sites for hydroxylation is 1. The smallest absolute Gasteiger partial charge is 0.124 e. The molecule has 0 fully saturated rings. The Kier molecular flexibility index (Phi) is 6.09. The Morgan fingerprint density at radius 3 is 2.48 bits per heavy atom. The molecule has 0 unspecified atom stereocenters. The number of halogens is 1. The van der Waals surface area contributed by atoms with Crippen LogP contribution in [0.25, 0.3) is 0 Å². The van der Waals surface area contributed by atoms with Gasteiger partial charge in [0.25, 0.3) is 0 Å². The zero-order valence-electron chi connectivity index (χ0n) is 12.7. The Labute approximate surface area is 132 Å². The standard InChI is InChI=1S/C18H22ClNO/c1-3-10-20-12-15-5-7-16(8-6-15)13-21-18-11-17(19)9-4-14(18)2/h4-9,11,20H,3,10,12-13H2,1-2H3. The minimum absolute atomic E-state index is 0.559. The number of nitrogens with one attached hydrogen (secondary N) is 1. The molecule has 0 aliphatic rings. The lowest BCUT2D eigenvalue weighted by Gasteiger charge is -2.10. The van der Waals surface area contributed by atoms with Gasteiger partial charge in [-0.3, -0.25) is 0 Å². The first-order valence-corrected chi connectivity index (χ1v) is 7.74. The van der Waals surface area contributed by atoms with Crippen molar-refractivity contribution in [3.05, 3.63) is 64.2 Å². The van der Waals surface area contributed by atoms with Crippen molar-refractivity contribution in [3.63, 3.8) is 0 Å². The van der Waals surface area contributed by atoms with Crippen LogP contribution >= 0.6 is 11.6 Å². The van der Waals surface area contributed by atoms with E-state index in [0.717, 1.165) is 36.4 Å². The van der Waals surface area contributed by atoms with Gasteiger partial charge in [0.2, 0.25) is 0 Å². The summed E-state index contributed by atoms with van der Waals surface area (Å²) in [6, 6.07) is 14.2. The van der Waals surface area contributed by atoms with E-state index < -0.39 is 0 Å². The van der Waals surface area contributed by atoms with E-state index in [2.05, 4.69) is 36.5 Å². The van der Waals surface area contributed by atoms with E-state index in [4.69, 9.17) is 16.3 Å². The Bertz CT molecular complexity index is 566. The Morgan fingerprint density at radius 1 is 1.05 bits per heavy atom. The number of rotatable bonds is 7. The molecular weight excluding hydrogens is 282 g/mol. The molecule has 2 aromatic rings. The Balaban J connectivity index is 1.90. The van der Waals surface area contributed by atoms with Crippen molar-refractivity contribution >= 4 is 11.6 Å². The van der Waals surface area contributed by atoms with Gasteiger partial charge in [0.15, 0.2) is 0 Å². The normalized spacial score (nSPS) is 10.6. The highest BCUT2D eigenvalue weighted by molar-refractivity contribution is 6.30. The average molecular weight is 304 g/mol. The lowest BCUT2D eigenvalue weighted by atomic mass is 10.1. The van der Waals surface area contributed by atoms with Crippen molar-refractivity contribution in [3.8, 4) is 5.75 Å². The highest BCUT2D eigenvalue weighted by Crippen LogP contribution is 2.23. The summed E-state index contributed by atoms with van der Waals surface area (Å²) in [4.78, 5) is 0. The van der Waals surface area contributed by atoms with E-state index in [9.17, 15) is 0 Å². The molecule has 0 amide bonds. The van der Waals surface area contributed by atoms with Crippen LogP contribution in [-0.2, 0) is 13.2 Å². The van der Waals surface area contributed by atoms with Gasteiger partial charge in [-0.05, 0) is 48.7 Å². The molecule has 0 bridgehead atoms. The van der Waals surface area contributed by atoms with E-state index in [1.54, 1.807) is 0 Å². The SMILES string of the molecule is CCCNCc1ccc(COc2cc(Cl)ccc2C)cc1. The number of benzene rings is 2. The first kappa shape index (κ1) is 15.9. The fourth-order valence-electron chi connectivity index (χ4n) is 2.05. The third-order valence-electron chi connectivity index (χ3n) is 3.32. The molecule has 0 heterocycles. The second-order valence-electron chi connectivity index (χ2n) is 5.19. The molecule has 3 heteroatoms. The molecule has 0 radical (unpaired) electrons. The van der Waals surface area contributed by atoms with Crippen LogP contribution in [0.15, 0.2) is 42.5 Å². The zero-order chi connectivity index (χ0) is 15.1. The number of hydrogen-bond acceptors (Lipinski definition) is 2. The van der Waals surface area contributed by atoms with Gasteiger partial charge in [0.1, 0.15) is 12.4 Å². The Morgan fingerprint density at radius 2 is 1.76 bits per heavy atom. The van der Waals surface area contributed by atoms with Crippen molar-refractivity contribution in [1.82, 2.24) is 5.32 Å². The molecule has 0 atom stereocenters. The molecule has 0 aliphatic carbocycles. The summed E-state index contributed by atoms with van der Waals surface area (Å²) in [5, 5.41) is 4.10. The van der Waals surface area contributed by atoms with Crippen LogP contribution < -0.4 is 10.1 Å². The van der Waals surface area contributed by atoms with Crippen LogP contribution in [0.5, 0.6) is 5.75 Å². The fourth-order valence-corrected chi connectivity index (χ4v) is 2.22. The molecule has 0 saturated heterocycles. The van der Waals surface area contributed by atoms with Crippen molar-refractivity contribution in [1.29, 1.82) is 0 Å². The molecule has 112 valence electrons. The highest BCUT2D eigenvalue weighted by Gasteiger charge is 2.02. The summed E-state index contributed by atoms with van der Waals surface area (Å²) in [5.74, 6) is 0.844. The van der Waals surface area contributed by atoms with Gasteiger partial charge in [-0.1, -0.05) is 48.9 Å². The second-order valence-corrected chi connectivity index (χ2v) is 5.63. The third-order valence-corrected chi connectivity index (χ3v) is 3.56. The van der Waals surface area contributed by atoms with E-state index in [1.165, 1.54) is 5.56 Å². The van der Waals surface area contributed by atoms with E-state index in [-0.39, 0.29) is 0 Å². The molecule has 0 aromatic heterocycles. The summed E-state index contributed by atoms with van der Waals surface area (Å²) in [7, 11) is 0. The van der Waals surface area contributed by atoms with Crippen molar-refractivity contribution in [2.75, 3.05) is 6.54 Å². The van der Waals surface area contributed by atoms with Gasteiger partial charge in [0, 0.05) is 11.6 Å². The molecule has 21 heavy (non-hydrogen) atoms. The lowest BCUT2D eigenvalue weighted by molar-refractivity contribution is 0.304.